The standard InChI is InChI=1S/C26H32F3N5O4/c1-31-14-23(30-16-31)25(37)34(9-17-4-2-6-19(8-17)38-26(27,28)29)13-22-20-11-32(12-21(20)22)15-24(36)33-7-3-5-18(35)10-33/h2,4,6,8,14,16,18,20-22,35H,3,5,7,9-13,15H2,1H3. The van der Waals surface area contributed by atoms with E-state index < -0.39 is 12.5 Å². The van der Waals surface area contributed by atoms with Gasteiger partial charge in [-0.1, -0.05) is 12.1 Å². The number of amides is 2. The second-order valence-electron chi connectivity index (χ2n) is 10.6. The van der Waals surface area contributed by atoms with Crippen LogP contribution >= 0.6 is 0 Å². The molecule has 1 aromatic heterocycles. The van der Waals surface area contributed by atoms with E-state index in [9.17, 15) is 27.9 Å². The first-order valence-corrected chi connectivity index (χ1v) is 12.9. The molecule has 0 spiro atoms. The molecular weight excluding hydrogens is 503 g/mol. The summed E-state index contributed by atoms with van der Waals surface area (Å²) in [5, 5.41) is 9.85. The molecule has 9 nitrogen and oxygen atoms in total. The fourth-order valence-corrected chi connectivity index (χ4v) is 5.83. The SMILES string of the molecule is Cn1cnc(C(=O)N(Cc2cccc(OC(F)(F)F)c2)CC2C3CN(CC(=O)N4CCCC(O)C4)CC32)c1. The number of nitrogens with zero attached hydrogens (tertiary/aromatic N) is 5. The normalized spacial score (nSPS) is 25.2. The maximum Gasteiger partial charge on any atom is 0.573 e. The molecule has 0 bridgehead atoms. The number of β-amino-alcohol motifs (C(OH)–C–C–N with tert-alkyl or cyclic N) is 1. The van der Waals surface area contributed by atoms with E-state index in [0.717, 1.165) is 25.9 Å². The molecule has 1 N–H and O–H groups in total. The van der Waals surface area contributed by atoms with Gasteiger partial charge in [0.2, 0.25) is 5.91 Å². The largest absolute Gasteiger partial charge is 0.573 e. The zero-order valence-corrected chi connectivity index (χ0v) is 21.2. The van der Waals surface area contributed by atoms with Crippen molar-refractivity contribution in [2.75, 3.05) is 39.3 Å². The Hall–Kier alpha value is -3.12. The van der Waals surface area contributed by atoms with Gasteiger partial charge in [0, 0.05) is 52.5 Å². The van der Waals surface area contributed by atoms with Crippen molar-refractivity contribution in [3.8, 4) is 5.75 Å². The van der Waals surface area contributed by atoms with Gasteiger partial charge in [-0.25, -0.2) is 4.98 Å². The van der Waals surface area contributed by atoms with Gasteiger partial charge in [0.05, 0.1) is 19.0 Å². The lowest BCUT2D eigenvalue weighted by molar-refractivity contribution is -0.274. The Kier molecular flexibility index (Phi) is 7.36. The van der Waals surface area contributed by atoms with E-state index in [0.29, 0.717) is 43.6 Å². The zero-order chi connectivity index (χ0) is 27.0. The van der Waals surface area contributed by atoms with Gasteiger partial charge >= 0.3 is 6.36 Å². The molecule has 12 heteroatoms. The number of halogens is 3. The fourth-order valence-electron chi connectivity index (χ4n) is 5.83. The van der Waals surface area contributed by atoms with Gasteiger partial charge in [-0.05, 0) is 48.3 Å². The predicted molar refractivity (Wildman–Crippen MR) is 130 cm³/mol. The number of ether oxygens (including phenoxy) is 1. The topological polar surface area (TPSA) is 91.1 Å². The number of fused-ring (bicyclic) bond motifs is 1. The van der Waals surface area contributed by atoms with Crippen molar-refractivity contribution >= 4 is 11.8 Å². The third-order valence-electron chi connectivity index (χ3n) is 7.70. The van der Waals surface area contributed by atoms with Crippen molar-refractivity contribution in [2.45, 2.75) is 31.9 Å². The minimum Gasteiger partial charge on any atom is -0.406 e. The molecule has 3 fully saturated rings. The van der Waals surface area contributed by atoms with Crippen LogP contribution in [0.1, 0.15) is 28.9 Å². The smallest absolute Gasteiger partial charge is 0.406 e. The Morgan fingerprint density at radius 3 is 2.63 bits per heavy atom. The molecule has 3 aliphatic rings. The molecule has 3 atom stereocenters. The maximum absolute atomic E-state index is 13.3. The number of carbonyl (C=O) groups excluding carboxylic acids is 2. The number of likely N-dealkylation sites (tertiary alicyclic amines) is 2. The third-order valence-corrected chi connectivity index (χ3v) is 7.70. The van der Waals surface area contributed by atoms with Crippen LogP contribution in [-0.2, 0) is 18.4 Å². The van der Waals surface area contributed by atoms with Crippen molar-refractivity contribution in [3.05, 3.63) is 48.0 Å². The number of aromatic nitrogens is 2. The molecule has 2 aromatic rings. The maximum atomic E-state index is 13.3. The third kappa shape index (κ3) is 6.29. The summed E-state index contributed by atoms with van der Waals surface area (Å²) in [4.78, 5) is 35.7. The van der Waals surface area contributed by atoms with Gasteiger partial charge in [-0.3, -0.25) is 14.5 Å². The molecule has 2 amide bonds. The summed E-state index contributed by atoms with van der Waals surface area (Å²) in [7, 11) is 1.76. The van der Waals surface area contributed by atoms with E-state index in [2.05, 4.69) is 14.6 Å². The van der Waals surface area contributed by atoms with Crippen LogP contribution in [-0.4, -0.2) is 92.9 Å². The monoisotopic (exact) mass is 535 g/mol. The fraction of sp³-hybridized carbons (Fsp3) is 0.577. The number of aryl methyl sites for hydroxylation is 1. The lowest BCUT2D eigenvalue weighted by atomic mass is 10.1. The van der Waals surface area contributed by atoms with Crippen molar-refractivity contribution < 1.29 is 32.6 Å². The molecule has 3 heterocycles. The van der Waals surface area contributed by atoms with E-state index >= 15 is 0 Å². The van der Waals surface area contributed by atoms with Gasteiger partial charge < -0.3 is 24.2 Å². The second-order valence-corrected chi connectivity index (χ2v) is 10.6. The van der Waals surface area contributed by atoms with Crippen molar-refractivity contribution in [2.24, 2.45) is 24.8 Å². The summed E-state index contributed by atoms with van der Waals surface area (Å²) in [5.41, 5.74) is 0.801. The minimum atomic E-state index is -4.80. The number of carbonyl (C=O) groups is 2. The summed E-state index contributed by atoms with van der Waals surface area (Å²) in [5.74, 6) is 0.385. The highest BCUT2D eigenvalue weighted by Crippen LogP contribution is 2.52. The van der Waals surface area contributed by atoms with E-state index in [1.54, 1.807) is 33.7 Å². The van der Waals surface area contributed by atoms with E-state index in [1.807, 2.05) is 0 Å². The van der Waals surface area contributed by atoms with E-state index in [-0.39, 0.29) is 35.7 Å². The molecule has 5 rings (SSSR count). The molecule has 38 heavy (non-hydrogen) atoms. The van der Waals surface area contributed by atoms with Crippen LogP contribution < -0.4 is 4.74 Å². The zero-order valence-electron chi connectivity index (χ0n) is 21.2. The highest BCUT2D eigenvalue weighted by Gasteiger charge is 2.56. The average molecular weight is 536 g/mol. The van der Waals surface area contributed by atoms with Crippen molar-refractivity contribution in [1.29, 1.82) is 0 Å². The molecular formula is C26H32F3N5O4. The summed E-state index contributed by atoms with van der Waals surface area (Å²) in [6, 6.07) is 5.67. The highest BCUT2D eigenvalue weighted by atomic mass is 19.4. The highest BCUT2D eigenvalue weighted by molar-refractivity contribution is 5.92. The lowest BCUT2D eigenvalue weighted by Gasteiger charge is -2.32. The number of hydrogen-bond acceptors (Lipinski definition) is 6. The van der Waals surface area contributed by atoms with E-state index in [4.69, 9.17) is 0 Å². The van der Waals surface area contributed by atoms with Gasteiger partial charge in [0.15, 0.2) is 0 Å². The van der Waals surface area contributed by atoms with Crippen LogP contribution in [0.3, 0.4) is 0 Å². The number of piperidine rings is 2. The molecule has 1 saturated carbocycles. The molecule has 206 valence electrons. The Morgan fingerprint density at radius 1 is 1.21 bits per heavy atom. The Bertz CT molecular complexity index is 1160. The first kappa shape index (κ1) is 26.5. The number of alkyl halides is 3. The van der Waals surface area contributed by atoms with Gasteiger partial charge in [-0.2, -0.15) is 0 Å². The molecule has 1 aromatic carbocycles. The summed E-state index contributed by atoms with van der Waals surface area (Å²) < 4.78 is 43.8. The number of aliphatic hydroxyl groups is 1. The molecule has 2 aliphatic heterocycles. The van der Waals surface area contributed by atoms with Crippen LogP contribution in [0.4, 0.5) is 13.2 Å². The first-order valence-electron chi connectivity index (χ1n) is 12.9. The van der Waals surface area contributed by atoms with Gasteiger partial charge in [0.1, 0.15) is 11.4 Å². The Balaban J connectivity index is 1.21. The van der Waals surface area contributed by atoms with Crippen LogP contribution in [0.25, 0.3) is 0 Å². The molecule has 2 saturated heterocycles. The molecule has 0 radical (unpaired) electrons. The molecule has 3 unspecified atom stereocenters. The summed E-state index contributed by atoms with van der Waals surface area (Å²) in [6.07, 6.45) is -0.553. The van der Waals surface area contributed by atoms with Crippen LogP contribution in [0.15, 0.2) is 36.8 Å². The number of rotatable bonds is 8. The second kappa shape index (κ2) is 10.6. The van der Waals surface area contributed by atoms with E-state index in [1.165, 1.54) is 24.5 Å². The van der Waals surface area contributed by atoms with Crippen LogP contribution in [0.2, 0.25) is 0 Å². The van der Waals surface area contributed by atoms with Gasteiger partial charge in [-0.15, -0.1) is 13.2 Å². The Morgan fingerprint density at radius 2 is 1.97 bits per heavy atom. The number of hydrogen-bond donors (Lipinski definition) is 1. The van der Waals surface area contributed by atoms with Crippen LogP contribution in [0, 0.1) is 17.8 Å². The quantitative estimate of drug-likeness (QED) is 0.557. The average Bonchev–Trinajstić information content (AvgIpc) is 3.16. The summed E-state index contributed by atoms with van der Waals surface area (Å²) in [6.45, 7) is 3.50. The minimum absolute atomic E-state index is 0.0366. The number of benzene rings is 1. The number of imidazole rings is 1. The summed E-state index contributed by atoms with van der Waals surface area (Å²) >= 11 is 0. The van der Waals surface area contributed by atoms with Crippen molar-refractivity contribution in [3.63, 3.8) is 0 Å². The molecule has 1 aliphatic carbocycles. The lowest BCUT2D eigenvalue weighted by Crippen LogP contribution is -2.46. The van der Waals surface area contributed by atoms with Gasteiger partial charge in [0.25, 0.3) is 5.91 Å². The first-order chi connectivity index (χ1) is 18.1. The number of aliphatic hydroxyl groups excluding tert-OH is 1. The van der Waals surface area contributed by atoms with Crippen molar-refractivity contribution in [1.82, 2.24) is 24.3 Å². The predicted octanol–water partition coefficient (Wildman–Crippen LogP) is 2.12. The van der Waals surface area contributed by atoms with Crippen LogP contribution in [0.5, 0.6) is 5.75 Å². The Labute approximate surface area is 218 Å².